The number of aliphatic hydroxyl groups excluding tert-OH is 2. The van der Waals surface area contributed by atoms with E-state index in [9.17, 15) is 49.8 Å². The standard InChI is InChI=1S/C23H22F6N6O6S/c24-22(25,26)13-1-2-15(23(27,28)29)11(5-13)8-35-4-3-16(34-35)19(37)14-7-31-10-32-21(14)33-17-6-12(18(36)20(17)38)9-41-42(30,39)40/h1-5,7,10,12,17-18,20,36,38H,6,8-9H2,(H2,30,39,40)(H,31,32,33)/t12-,17-,18-,20+/m1/s1. The van der Waals surface area contributed by atoms with Crippen LogP contribution in [0.2, 0.25) is 0 Å². The summed E-state index contributed by atoms with van der Waals surface area (Å²) in [5.74, 6) is -1.80. The monoisotopic (exact) mass is 624 g/mol. The van der Waals surface area contributed by atoms with Crippen molar-refractivity contribution in [3.63, 3.8) is 0 Å². The molecule has 2 heterocycles. The molecule has 228 valence electrons. The number of carbonyl (C=O) groups excluding carboxylic acids is 1. The number of nitrogens with one attached hydrogen (secondary N) is 1. The summed E-state index contributed by atoms with van der Waals surface area (Å²) in [6, 6.07) is 1.21. The predicted molar refractivity (Wildman–Crippen MR) is 130 cm³/mol. The summed E-state index contributed by atoms with van der Waals surface area (Å²) >= 11 is 0. The number of aromatic nitrogens is 4. The molecule has 0 spiro atoms. The van der Waals surface area contributed by atoms with Gasteiger partial charge in [0.05, 0.1) is 42.0 Å². The molecule has 0 unspecified atom stereocenters. The van der Waals surface area contributed by atoms with Crippen molar-refractivity contribution in [2.45, 2.75) is 43.6 Å². The Labute approximate surface area is 233 Å². The van der Waals surface area contributed by atoms with Crippen molar-refractivity contribution in [3.05, 3.63) is 70.9 Å². The van der Waals surface area contributed by atoms with Gasteiger partial charge in [0.15, 0.2) is 0 Å². The van der Waals surface area contributed by atoms with Crippen LogP contribution < -0.4 is 10.5 Å². The second-order valence-electron chi connectivity index (χ2n) is 9.39. The van der Waals surface area contributed by atoms with Gasteiger partial charge in [-0.25, -0.2) is 15.1 Å². The van der Waals surface area contributed by atoms with Crippen molar-refractivity contribution in [3.8, 4) is 0 Å². The van der Waals surface area contributed by atoms with Gasteiger partial charge in [-0.15, -0.1) is 0 Å². The highest BCUT2D eigenvalue weighted by Gasteiger charge is 2.43. The number of hydrogen-bond acceptors (Lipinski definition) is 10. The van der Waals surface area contributed by atoms with E-state index in [4.69, 9.17) is 5.14 Å². The van der Waals surface area contributed by atoms with Crippen LogP contribution >= 0.6 is 0 Å². The molecule has 19 heteroatoms. The summed E-state index contributed by atoms with van der Waals surface area (Å²) in [6.07, 6.45) is -9.47. The summed E-state index contributed by atoms with van der Waals surface area (Å²) in [4.78, 5) is 20.9. The Hall–Kier alpha value is -3.65. The van der Waals surface area contributed by atoms with Gasteiger partial charge < -0.3 is 15.5 Å². The summed E-state index contributed by atoms with van der Waals surface area (Å²) in [6.45, 7) is -1.26. The topological polar surface area (TPSA) is 183 Å². The summed E-state index contributed by atoms with van der Waals surface area (Å²) < 4.78 is 107. The minimum Gasteiger partial charge on any atom is -0.390 e. The Bertz CT molecular complexity index is 1560. The first kappa shape index (κ1) is 31.3. The maximum Gasteiger partial charge on any atom is 0.416 e. The first-order chi connectivity index (χ1) is 19.4. The molecular formula is C23H22F6N6O6S. The molecule has 4 rings (SSSR count). The Morgan fingerprint density at radius 3 is 2.48 bits per heavy atom. The Kier molecular flexibility index (Phi) is 8.61. The zero-order chi connectivity index (χ0) is 31.0. The van der Waals surface area contributed by atoms with E-state index in [1.54, 1.807) is 0 Å². The number of aliphatic hydroxyl groups is 2. The van der Waals surface area contributed by atoms with Gasteiger partial charge in [-0.3, -0.25) is 13.7 Å². The molecule has 0 amide bonds. The van der Waals surface area contributed by atoms with E-state index < -0.39 is 82.4 Å². The highest BCUT2D eigenvalue weighted by Crippen LogP contribution is 2.37. The molecule has 12 nitrogen and oxygen atoms in total. The smallest absolute Gasteiger partial charge is 0.390 e. The van der Waals surface area contributed by atoms with Gasteiger partial charge in [0, 0.05) is 18.3 Å². The number of nitrogens with two attached hydrogens (primary N) is 1. The van der Waals surface area contributed by atoms with Gasteiger partial charge >= 0.3 is 22.7 Å². The number of ketones is 1. The lowest BCUT2D eigenvalue weighted by Crippen LogP contribution is -2.36. The average molecular weight is 625 g/mol. The van der Waals surface area contributed by atoms with Crippen molar-refractivity contribution < 1.29 is 54.0 Å². The lowest BCUT2D eigenvalue weighted by atomic mass is 10.0. The molecule has 42 heavy (non-hydrogen) atoms. The van der Waals surface area contributed by atoms with Crippen LogP contribution in [0.1, 0.15) is 39.2 Å². The highest BCUT2D eigenvalue weighted by molar-refractivity contribution is 7.84. The zero-order valence-electron chi connectivity index (χ0n) is 21.0. The third-order valence-corrected chi connectivity index (χ3v) is 6.94. The molecule has 0 saturated heterocycles. The fourth-order valence-corrected chi connectivity index (χ4v) is 4.83. The minimum absolute atomic E-state index is 0.0252. The lowest BCUT2D eigenvalue weighted by molar-refractivity contribution is -0.141. The fraction of sp³-hybridized carbons (Fsp3) is 0.391. The van der Waals surface area contributed by atoms with Gasteiger partial charge in [0.2, 0.25) is 5.78 Å². The fourth-order valence-electron chi connectivity index (χ4n) is 4.46. The van der Waals surface area contributed by atoms with Crippen LogP contribution in [0, 0.1) is 5.92 Å². The zero-order valence-corrected chi connectivity index (χ0v) is 21.9. The largest absolute Gasteiger partial charge is 0.416 e. The second-order valence-corrected chi connectivity index (χ2v) is 10.6. The molecule has 5 N–H and O–H groups in total. The van der Waals surface area contributed by atoms with E-state index in [2.05, 4.69) is 24.6 Å². The first-order valence-corrected chi connectivity index (χ1v) is 13.4. The molecule has 1 fully saturated rings. The van der Waals surface area contributed by atoms with Gasteiger partial charge in [-0.2, -0.15) is 39.9 Å². The van der Waals surface area contributed by atoms with E-state index in [0.717, 1.165) is 29.5 Å². The maximum absolute atomic E-state index is 13.5. The molecule has 3 aromatic rings. The Morgan fingerprint density at radius 2 is 1.83 bits per heavy atom. The van der Waals surface area contributed by atoms with Crippen molar-refractivity contribution in [2.24, 2.45) is 11.1 Å². The van der Waals surface area contributed by atoms with Gasteiger partial charge in [-0.05, 0) is 36.2 Å². The number of nitrogens with zero attached hydrogens (tertiary/aromatic N) is 4. The number of benzene rings is 1. The molecular weight excluding hydrogens is 602 g/mol. The molecule has 1 aromatic carbocycles. The van der Waals surface area contributed by atoms with E-state index in [0.29, 0.717) is 18.2 Å². The molecule has 4 atom stereocenters. The van der Waals surface area contributed by atoms with Crippen LogP contribution in [0.3, 0.4) is 0 Å². The average Bonchev–Trinajstić information content (AvgIpc) is 3.46. The second kappa shape index (κ2) is 11.6. The number of anilines is 1. The lowest BCUT2D eigenvalue weighted by Gasteiger charge is -2.19. The van der Waals surface area contributed by atoms with Crippen LogP contribution in [0.15, 0.2) is 43.0 Å². The van der Waals surface area contributed by atoms with Crippen molar-refractivity contribution in [1.82, 2.24) is 19.7 Å². The van der Waals surface area contributed by atoms with E-state index in [1.807, 2.05) is 0 Å². The molecule has 0 bridgehead atoms. The summed E-state index contributed by atoms with van der Waals surface area (Å²) in [5.41, 5.74) is -3.81. The van der Waals surface area contributed by atoms with E-state index in [1.165, 1.54) is 0 Å². The minimum atomic E-state index is -4.95. The molecule has 1 aliphatic carbocycles. The molecule has 2 aromatic heterocycles. The van der Waals surface area contributed by atoms with Crippen LogP contribution in [0.25, 0.3) is 0 Å². The van der Waals surface area contributed by atoms with Crippen LogP contribution in [-0.4, -0.2) is 69.0 Å². The number of alkyl halides is 6. The number of halogens is 6. The van der Waals surface area contributed by atoms with Gasteiger partial charge in [0.25, 0.3) is 0 Å². The van der Waals surface area contributed by atoms with Crippen molar-refractivity contribution in [1.29, 1.82) is 0 Å². The van der Waals surface area contributed by atoms with E-state index in [-0.39, 0.29) is 23.5 Å². The Morgan fingerprint density at radius 1 is 1.12 bits per heavy atom. The number of carbonyl (C=O) groups is 1. The maximum atomic E-state index is 13.5. The predicted octanol–water partition coefficient (Wildman–Crippen LogP) is 1.73. The van der Waals surface area contributed by atoms with Crippen molar-refractivity contribution in [2.75, 3.05) is 11.9 Å². The summed E-state index contributed by atoms with van der Waals surface area (Å²) in [7, 11) is -4.31. The van der Waals surface area contributed by atoms with Gasteiger partial charge in [0.1, 0.15) is 23.9 Å². The van der Waals surface area contributed by atoms with Crippen LogP contribution in [-0.2, 0) is 33.4 Å². The molecule has 1 aliphatic rings. The molecule has 0 aliphatic heterocycles. The normalized spacial score (nSPS) is 21.5. The van der Waals surface area contributed by atoms with Gasteiger partial charge in [-0.1, -0.05) is 0 Å². The summed E-state index contributed by atoms with van der Waals surface area (Å²) in [5, 5.41) is 32.2. The Balaban J connectivity index is 1.54. The van der Waals surface area contributed by atoms with Crippen LogP contribution in [0.5, 0.6) is 0 Å². The molecule has 0 radical (unpaired) electrons. The first-order valence-electron chi connectivity index (χ1n) is 11.9. The third-order valence-electron chi connectivity index (χ3n) is 6.47. The van der Waals surface area contributed by atoms with Crippen molar-refractivity contribution >= 4 is 21.9 Å². The van der Waals surface area contributed by atoms with E-state index >= 15 is 0 Å². The van der Waals surface area contributed by atoms with Crippen LogP contribution in [0.4, 0.5) is 32.2 Å². The SMILES string of the molecule is NS(=O)(=O)OC[C@H]1C[C@@H](Nc2ncncc2C(=O)c2ccn(Cc3cc(C(F)(F)F)ccc3C(F)(F)F)n2)[C@H](O)[C@@H]1O. The molecule has 1 saturated carbocycles. The quantitative estimate of drug-likeness (QED) is 0.202. The number of hydrogen-bond donors (Lipinski definition) is 4. The third kappa shape index (κ3) is 7.21. The number of rotatable bonds is 9. The highest BCUT2D eigenvalue weighted by atomic mass is 32.2.